The van der Waals surface area contributed by atoms with Gasteiger partial charge in [-0.3, -0.25) is 0 Å². The van der Waals surface area contributed by atoms with Crippen molar-refractivity contribution in [3.63, 3.8) is 0 Å². The second-order valence-corrected chi connectivity index (χ2v) is 6.57. The van der Waals surface area contributed by atoms with E-state index < -0.39 is 11.7 Å². The highest BCUT2D eigenvalue weighted by atomic mass is 32.1. The van der Waals surface area contributed by atoms with Crippen LogP contribution in [0, 0.1) is 5.92 Å². The number of imidazole rings is 1. The normalized spacial score (nSPS) is 12.3. The summed E-state index contributed by atoms with van der Waals surface area (Å²) in [6, 6.07) is 5.15. The first-order chi connectivity index (χ1) is 10.8. The second kappa shape index (κ2) is 5.84. The summed E-state index contributed by atoms with van der Waals surface area (Å²) in [4.78, 5) is 5.01. The van der Waals surface area contributed by atoms with Gasteiger partial charge in [0, 0.05) is 12.1 Å². The van der Waals surface area contributed by atoms with Gasteiger partial charge in [0.05, 0.1) is 17.5 Å². The summed E-state index contributed by atoms with van der Waals surface area (Å²) in [5, 5.41) is 8.29. The summed E-state index contributed by atoms with van der Waals surface area (Å²) in [6.45, 7) is 4.99. The van der Waals surface area contributed by atoms with Gasteiger partial charge in [-0.1, -0.05) is 37.3 Å². The number of nitrogens with zero attached hydrogens (tertiary/aromatic N) is 3. The maximum atomic E-state index is 12.8. The topological polar surface area (TPSA) is 42.2 Å². The fraction of sp³-hybridized carbons (Fsp3) is 0.333. The highest BCUT2D eigenvalue weighted by Gasteiger charge is 2.30. The van der Waals surface area contributed by atoms with E-state index in [4.69, 9.17) is 0 Å². The molecule has 0 fully saturated rings. The molecule has 2 heterocycles. The Bertz CT molecular complexity index is 788. The largest absolute Gasteiger partial charge is 0.416 e. The lowest BCUT2D eigenvalue weighted by molar-refractivity contribution is -0.137. The van der Waals surface area contributed by atoms with Gasteiger partial charge in [0.15, 0.2) is 0 Å². The minimum absolute atomic E-state index is 0.425. The molecule has 0 aliphatic rings. The molecule has 3 aromatic rings. The van der Waals surface area contributed by atoms with Crippen LogP contribution < -0.4 is 5.32 Å². The van der Waals surface area contributed by atoms with Crippen molar-refractivity contribution < 1.29 is 13.2 Å². The molecule has 0 amide bonds. The van der Waals surface area contributed by atoms with Crippen LogP contribution >= 0.6 is 11.3 Å². The summed E-state index contributed by atoms with van der Waals surface area (Å²) in [5.41, 5.74) is 0.220. The van der Waals surface area contributed by atoms with Crippen molar-refractivity contribution in [2.75, 3.05) is 11.9 Å². The summed E-state index contributed by atoms with van der Waals surface area (Å²) < 4.78 is 39.9. The Morgan fingerprint density at radius 1 is 1.30 bits per heavy atom. The van der Waals surface area contributed by atoms with Gasteiger partial charge in [-0.05, 0) is 18.1 Å². The average Bonchev–Trinajstić information content (AvgIpc) is 3.02. The Morgan fingerprint density at radius 3 is 2.74 bits per heavy atom. The molecule has 0 bridgehead atoms. The van der Waals surface area contributed by atoms with Crippen LogP contribution in [0.15, 0.2) is 30.5 Å². The minimum atomic E-state index is -4.36. The Hall–Kier alpha value is -2.09. The highest BCUT2D eigenvalue weighted by Crippen LogP contribution is 2.32. The summed E-state index contributed by atoms with van der Waals surface area (Å²) in [6.07, 6.45) is -2.72. The predicted octanol–water partition coefficient (Wildman–Crippen LogP) is 4.54. The standard InChI is InChI=1S/C15H15F3N4S/c1-9(2)7-19-13-21-22-8-12(20-14(22)23-13)10-4-3-5-11(6-10)15(16,17)18/h3-6,8-9H,7H2,1-2H3,(H,19,21). The summed E-state index contributed by atoms with van der Waals surface area (Å²) >= 11 is 1.37. The van der Waals surface area contributed by atoms with Crippen LogP contribution in [0.4, 0.5) is 18.3 Å². The number of aromatic nitrogens is 3. The van der Waals surface area contributed by atoms with Crippen molar-refractivity contribution >= 4 is 21.4 Å². The Kier molecular flexibility index (Phi) is 4.01. The van der Waals surface area contributed by atoms with E-state index in [9.17, 15) is 13.2 Å². The molecule has 0 saturated carbocycles. The first-order valence-electron chi connectivity index (χ1n) is 7.10. The van der Waals surface area contributed by atoms with Crippen LogP contribution in [-0.4, -0.2) is 21.1 Å². The van der Waals surface area contributed by atoms with Gasteiger partial charge in [0.25, 0.3) is 0 Å². The van der Waals surface area contributed by atoms with E-state index in [1.54, 1.807) is 16.8 Å². The van der Waals surface area contributed by atoms with E-state index in [0.29, 0.717) is 22.1 Å². The zero-order valence-corrected chi connectivity index (χ0v) is 13.4. The first-order valence-corrected chi connectivity index (χ1v) is 7.92. The SMILES string of the molecule is CC(C)CNc1nn2cc(-c3cccc(C(F)(F)F)c3)nc2s1. The lowest BCUT2D eigenvalue weighted by Gasteiger charge is -2.07. The van der Waals surface area contributed by atoms with Gasteiger partial charge in [-0.15, -0.1) is 5.10 Å². The number of hydrogen-bond donors (Lipinski definition) is 1. The van der Waals surface area contributed by atoms with Gasteiger partial charge >= 0.3 is 6.18 Å². The van der Waals surface area contributed by atoms with Crippen LogP contribution in [0.5, 0.6) is 0 Å². The third-order valence-electron chi connectivity index (χ3n) is 3.19. The third kappa shape index (κ3) is 3.47. The fourth-order valence-electron chi connectivity index (χ4n) is 2.06. The monoisotopic (exact) mass is 340 g/mol. The van der Waals surface area contributed by atoms with Crippen molar-refractivity contribution in [1.82, 2.24) is 14.6 Å². The van der Waals surface area contributed by atoms with Crippen molar-refractivity contribution in [2.24, 2.45) is 5.92 Å². The molecule has 1 N–H and O–H groups in total. The van der Waals surface area contributed by atoms with Crippen molar-refractivity contribution in [1.29, 1.82) is 0 Å². The molecule has 1 aromatic carbocycles. The van der Waals surface area contributed by atoms with Crippen LogP contribution in [0.3, 0.4) is 0 Å². The van der Waals surface area contributed by atoms with Crippen molar-refractivity contribution in [2.45, 2.75) is 20.0 Å². The van der Waals surface area contributed by atoms with Crippen LogP contribution in [0.2, 0.25) is 0 Å². The van der Waals surface area contributed by atoms with Crippen LogP contribution in [-0.2, 0) is 6.18 Å². The summed E-state index contributed by atoms with van der Waals surface area (Å²) in [7, 11) is 0. The van der Waals surface area contributed by atoms with E-state index in [0.717, 1.165) is 23.8 Å². The van der Waals surface area contributed by atoms with Gasteiger partial charge in [0.2, 0.25) is 10.1 Å². The predicted molar refractivity (Wildman–Crippen MR) is 84.6 cm³/mol. The van der Waals surface area contributed by atoms with Gasteiger partial charge in [-0.25, -0.2) is 9.50 Å². The number of hydrogen-bond acceptors (Lipinski definition) is 4. The molecule has 3 rings (SSSR count). The number of nitrogens with one attached hydrogen (secondary N) is 1. The molecule has 0 radical (unpaired) electrons. The second-order valence-electron chi connectivity index (χ2n) is 5.61. The van der Waals surface area contributed by atoms with E-state index in [2.05, 4.69) is 29.2 Å². The molecular weight excluding hydrogens is 325 g/mol. The number of halogens is 3. The Balaban J connectivity index is 1.88. The van der Waals surface area contributed by atoms with Gasteiger partial charge in [0.1, 0.15) is 0 Å². The maximum absolute atomic E-state index is 12.8. The van der Waals surface area contributed by atoms with Crippen molar-refractivity contribution in [3.05, 3.63) is 36.0 Å². The molecule has 8 heteroatoms. The molecule has 0 aliphatic carbocycles. The lowest BCUT2D eigenvalue weighted by atomic mass is 10.1. The van der Waals surface area contributed by atoms with E-state index in [-0.39, 0.29) is 0 Å². The number of alkyl halides is 3. The summed E-state index contributed by atoms with van der Waals surface area (Å²) in [5.74, 6) is 0.492. The molecule has 0 atom stereocenters. The maximum Gasteiger partial charge on any atom is 0.416 e. The van der Waals surface area contributed by atoms with Gasteiger partial charge < -0.3 is 5.32 Å². The molecule has 0 unspecified atom stereocenters. The number of rotatable bonds is 4. The quantitative estimate of drug-likeness (QED) is 0.758. The molecule has 0 aliphatic heterocycles. The van der Waals surface area contributed by atoms with E-state index in [1.807, 2.05) is 0 Å². The van der Waals surface area contributed by atoms with Crippen molar-refractivity contribution in [3.8, 4) is 11.3 Å². The van der Waals surface area contributed by atoms with Crippen LogP contribution in [0.1, 0.15) is 19.4 Å². The minimum Gasteiger partial charge on any atom is -0.360 e. The first kappa shape index (κ1) is 15.8. The zero-order valence-electron chi connectivity index (χ0n) is 12.6. The van der Waals surface area contributed by atoms with E-state index >= 15 is 0 Å². The zero-order chi connectivity index (χ0) is 16.6. The highest BCUT2D eigenvalue weighted by molar-refractivity contribution is 7.20. The van der Waals surface area contributed by atoms with Crippen LogP contribution in [0.25, 0.3) is 16.2 Å². The Morgan fingerprint density at radius 2 is 2.09 bits per heavy atom. The van der Waals surface area contributed by atoms with Gasteiger partial charge in [-0.2, -0.15) is 13.2 Å². The number of anilines is 1. The third-order valence-corrected chi connectivity index (χ3v) is 4.07. The molecule has 4 nitrogen and oxygen atoms in total. The van der Waals surface area contributed by atoms with E-state index in [1.165, 1.54) is 17.4 Å². The number of benzene rings is 1. The fourth-order valence-corrected chi connectivity index (χ4v) is 2.85. The average molecular weight is 340 g/mol. The molecule has 0 spiro atoms. The molecule has 2 aromatic heterocycles. The molecule has 0 saturated heterocycles. The Labute approximate surface area is 135 Å². The smallest absolute Gasteiger partial charge is 0.360 e. The molecule has 23 heavy (non-hydrogen) atoms. The number of fused-ring (bicyclic) bond motifs is 1. The molecule has 122 valence electrons. The molecular formula is C15H15F3N4S. The lowest BCUT2D eigenvalue weighted by Crippen LogP contribution is -2.07.